The zero-order valence-electron chi connectivity index (χ0n) is 17.9. The number of piperidine rings is 1. The van der Waals surface area contributed by atoms with Crippen molar-refractivity contribution in [1.82, 2.24) is 25.5 Å². The number of rotatable bonds is 5. The number of nitrogens with zero attached hydrogens (tertiary/aromatic N) is 5. The molecule has 0 amide bonds. The van der Waals surface area contributed by atoms with Gasteiger partial charge in [0, 0.05) is 36.3 Å². The fourth-order valence-corrected chi connectivity index (χ4v) is 4.69. The third-order valence-corrected chi connectivity index (χ3v) is 6.50. The summed E-state index contributed by atoms with van der Waals surface area (Å²) in [4.78, 5) is 10.9. The second-order valence-electron chi connectivity index (χ2n) is 8.38. The van der Waals surface area contributed by atoms with Crippen molar-refractivity contribution in [2.45, 2.75) is 43.6 Å². The number of fused-ring (bicyclic) bond motifs is 2. The number of alkyl halides is 1. The van der Waals surface area contributed by atoms with Gasteiger partial charge in [-0.25, -0.2) is 9.37 Å². The van der Waals surface area contributed by atoms with E-state index in [1.54, 1.807) is 36.8 Å². The van der Waals surface area contributed by atoms with E-state index in [1.165, 1.54) is 7.11 Å². The first-order valence-electron chi connectivity index (χ1n) is 10.7. The summed E-state index contributed by atoms with van der Waals surface area (Å²) in [5.74, 6) is 1.09. The lowest BCUT2D eigenvalue weighted by Gasteiger charge is -2.38. The molecule has 2 saturated heterocycles. The molecule has 1 aromatic carbocycles. The van der Waals surface area contributed by atoms with Crippen molar-refractivity contribution in [3.8, 4) is 34.0 Å². The van der Waals surface area contributed by atoms with Gasteiger partial charge in [-0.1, -0.05) is 6.07 Å². The van der Waals surface area contributed by atoms with E-state index in [2.05, 4.69) is 25.5 Å². The molecule has 2 aliphatic rings. The minimum Gasteiger partial charge on any atom is -0.507 e. The molecule has 166 valence electrons. The third-order valence-electron chi connectivity index (χ3n) is 6.50. The van der Waals surface area contributed by atoms with E-state index in [1.807, 2.05) is 18.0 Å². The van der Waals surface area contributed by atoms with Crippen LogP contribution in [-0.4, -0.2) is 63.7 Å². The van der Waals surface area contributed by atoms with Crippen LogP contribution in [0.5, 0.6) is 11.6 Å². The van der Waals surface area contributed by atoms with Crippen molar-refractivity contribution in [3.63, 3.8) is 0 Å². The molecule has 9 heteroatoms. The summed E-state index contributed by atoms with van der Waals surface area (Å²) >= 11 is 0. The standard InChI is InChI=1S/C23H25FN6O2/c1-30(19-9-15-4-6-17(28-15)23(19)24)21-12-25-18(11-26-21)16-5-3-13(7-20(16)31)14-8-22(32-2)29-27-10-14/h3,5,7-8,10-12,15,17,19,23,28,31H,4,6,9H2,1-2H3/t15-,17+,19-,23+/m1/s1. The van der Waals surface area contributed by atoms with Gasteiger partial charge in [0.15, 0.2) is 0 Å². The predicted octanol–water partition coefficient (Wildman–Crippen LogP) is 2.98. The van der Waals surface area contributed by atoms with Crippen LogP contribution < -0.4 is 15.0 Å². The number of phenolic OH excluding ortho intramolecular Hbond substituents is 1. The van der Waals surface area contributed by atoms with Crippen LogP contribution in [0.4, 0.5) is 10.2 Å². The molecule has 0 aliphatic carbocycles. The SMILES string of the molecule is COc1cc(-c2ccc(-c3cnc(N(C)[C@@H]4C[C@H]5CC[C@H](N5)[C@@H]4F)cn3)c(O)c2)cnn1. The average molecular weight is 436 g/mol. The van der Waals surface area contributed by atoms with Gasteiger partial charge >= 0.3 is 0 Å². The number of methoxy groups -OCH3 is 1. The zero-order valence-corrected chi connectivity index (χ0v) is 17.9. The highest BCUT2D eigenvalue weighted by Crippen LogP contribution is 2.35. The molecule has 8 nitrogen and oxygen atoms in total. The molecule has 3 aromatic rings. The molecule has 2 N–H and O–H groups in total. The van der Waals surface area contributed by atoms with Crippen molar-refractivity contribution in [3.05, 3.63) is 42.9 Å². The maximum Gasteiger partial charge on any atom is 0.233 e. The molecular formula is C23H25FN6O2. The van der Waals surface area contributed by atoms with Crippen LogP contribution in [0, 0.1) is 0 Å². The first kappa shape index (κ1) is 20.6. The van der Waals surface area contributed by atoms with Gasteiger partial charge in [0.05, 0.1) is 37.4 Å². The monoisotopic (exact) mass is 436 g/mol. The smallest absolute Gasteiger partial charge is 0.233 e. The Labute approximate surface area is 185 Å². The second kappa shape index (κ2) is 8.31. The van der Waals surface area contributed by atoms with E-state index < -0.39 is 6.17 Å². The Bertz CT molecular complexity index is 1110. The summed E-state index contributed by atoms with van der Waals surface area (Å²) in [7, 11) is 3.40. The molecule has 2 bridgehead atoms. The van der Waals surface area contributed by atoms with Crippen LogP contribution in [0.1, 0.15) is 19.3 Å². The summed E-state index contributed by atoms with van der Waals surface area (Å²) in [5, 5.41) is 21.7. The molecule has 2 aromatic heterocycles. The maximum absolute atomic E-state index is 14.9. The van der Waals surface area contributed by atoms with Gasteiger partial charge in [-0.15, -0.1) is 5.10 Å². The Balaban J connectivity index is 1.35. The number of aromatic hydroxyl groups is 1. The minimum absolute atomic E-state index is 0.0699. The molecule has 2 aliphatic heterocycles. The van der Waals surface area contributed by atoms with Gasteiger partial charge in [-0.2, -0.15) is 5.10 Å². The largest absolute Gasteiger partial charge is 0.507 e. The number of benzene rings is 1. The van der Waals surface area contributed by atoms with Crippen molar-refractivity contribution < 1.29 is 14.2 Å². The van der Waals surface area contributed by atoms with Crippen LogP contribution in [0.3, 0.4) is 0 Å². The lowest BCUT2D eigenvalue weighted by Crippen LogP contribution is -2.55. The Morgan fingerprint density at radius 1 is 1.12 bits per heavy atom. The van der Waals surface area contributed by atoms with E-state index in [0.717, 1.165) is 30.4 Å². The van der Waals surface area contributed by atoms with Crippen molar-refractivity contribution >= 4 is 5.82 Å². The molecule has 2 fully saturated rings. The quantitative estimate of drug-likeness (QED) is 0.630. The number of hydrogen-bond acceptors (Lipinski definition) is 8. The maximum atomic E-state index is 14.9. The highest BCUT2D eigenvalue weighted by molar-refractivity contribution is 5.74. The lowest BCUT2D eigenvalue weighted by atomic mass is 9.96. The summed E-state index contributed by atoms with van der Waals surface area (Å²) in [5.41, 5.74) is 2.66. The normalized spacial score (nSPS) is 24.3. The number of ether oxygens (including phenoxy) is 1. The third kappa shape index (κ3) is 3.73. The summed E-state index contributed by atoms with van der Waals surface area (Å²) < 4.78 is 20.0. The van der Waals surface area contributed by atoms with E-state index >= 15 is 0 Å². The van der Waals surface area contributed by atoms with Crippen LogP contribution in [0.25, 0.3) is 22.4 Å². The van der Waals surface area contributed by atoms with Crippen molar-refractivity contribution in [1.29, 1.82) is 0 Å². The van der Waals surface area contributed by atoms with Gasteiger partial charge in [0.25, 0.3) is 0 Å². The molecule has 0 unspecified atom stereocenters. The molecular weight excluding hydrogens is 411 g/mol. The lowest BCUT2D eigenvalue weighted by molar-refractivity contribution is 0.176. The molecule has 4 heterocycles. The topological polar surface area (TPSA) is 96.3 Å². The molecule has 0 spiro atoms. The summed E-state index contributed by atoms with van der Waals surface area (Å²) in [6.07, 6.45) is 6.59. The number of aromatic nitrogens is 4. The summed E-state index contributed by atoms with van der Waals surface area (Å²) in [6, 6.07) is 7.13. The predicted molar refractivity (Wildman–Crippen MR) is 118 cm³/mol. The van der Waals surface area contributed by atoms with Gasteiger partial charge in [-0.05, 0) is 37.0 Å². The van der Waals surface area contributed by atoms with Gasteiger partial charge in [0.1, 0.15) is 17.7 Å². The number of nitrogens with one attached hydrogen (secondary N) is 1. The summed E-state index contributed by atoms with van der Waals surface area (Å²) in [6.45, 7) is 0. The Morgan fingerprint density at radius 2 is 2.00 bits per heavy atom. The fraction of sp³-hybridized carbons (Fsp3) is 0.391. The zero-order chi connectivity index (χ0) is 22.2. The van der Waals surface area contributed by atoms with Crippen molar-refractivity contribution in [2.75, 3.05) is 19.1 Å². The highest BCUT2D eigenvalue weighted by atomic mass is 19.1. The first-order chi connectivity index (χ1) is 15.5. The molecule has 4 atom stereocenters. The molecule has 0 saturated carbocycles. The van der Waals surface area contributed by atoms with Crippen LogP contribution in [0.2, 0.25) is 0 Å². The van der Waals surface area contributed by atoms with Crippen molar-refractivity contribution in [2.24, 2.45) is 0 Å². The van der Waals surface area contributed by atoms with Gasteiger partial charge in [-0.3, -0.25) is 4.98 Å². The fourth-order valence-electron chi connectivity index (χ4n) is 4.69. The number of anilines is 1. The van der Waals surface area contributed by atoms with Gasteiger partial charge < -0.3 is 20.1 Å². The average Bonchev–Trinajstić information content (AvgIpc) is 3.24. The Hall–Kier alpha value is -3.33. The highest BCUT2D eigenvalue weighted by Gasteiger charge is 2.43. The molecule has 0 radical (unpaired) electrons. The Kier molecular flexibility index (Phi) is 5.34. The van der Waals surface area contributed by atoms with Crippen LogP contribution >= 0.6 is 0 Å². The second-order valence-corrected chi connectivity index (χ2v) is 8.38. The first-order valence-corrected chi connectivity index (χ1v) is 10.7. The number of hydrogen-bond donors (Lipinski definition) is 2. The van der Waals surface area contributed by atoms with Crippen LogP contribution in [0.15, 0.2) is 42.9 Å². The Morgan fingerprint density at radius 3 is 2.75 bits per heavy atom. The molecule has 32 heavy (non-hydrogen) atoms. The van der Waals surface area contributed by atoms with E-state index in [9.17, 15) is 9.50 Å². The molecule has 5 rings (SSSR count). The number of phenols is 1. The van der Waals surface area contributed by atoms with E-state index in [-0.39, 0.29) is 17.8 Å². The minimum atomic E-state index is -0.932. The van der Waals surface area contributed by atoms with E-state index in [4.69, 9.17) is 4.74 Å². The van der Waals surface area contributed by atoms with Gasteiger partial charge in [0.2, 0.25) is 5.88 Å². The van der Waals surface area contributed by atoms with E-state index in [0.29, 0.717) is 29.0 Å². The number of halogens is 1. The van der Waals surface area contributed by atoms with Crippen LogP contribution in [-0.2, 0) is 0 Å².